The minimum absolute atomic E-state index is 0.0421. The van der Waals surface area contributed by atoms with Crippen molar-refractivity contribution >= 4 is 38.9 Å². The average molecular weight is 451 g/mol. The zero-order chi connectivity index (χ0) is 19.4. The van der Waals surface area contributed by atoms with Crippen LogP contribution in [0.1, 0.15) is 31.5 Å². The van der Waals surface area contributed by atoms with Gasteiger partial charge >= 0.3 is 0 Å². The van der Waals surface area contributed by atoms with E-state index < -0.39 is 0 Å². The Balaban J connectivity index is 1.42. The van der Waals surface area contributed by atoms with Crippen molar-refractivity contribution in [1.29, 1.82) is 0 Å². The molecule has 3 rings (SSSR count). The van der Waals surface area contributed by atoms with Crippen molar-refractivity contribution in [1.82, 2.24) is 14.8 Å². The summed E-state index contributed by atoms with van der Waals surface area (Å²) >= 11 is 5.15. The van der Waals surface area contributed by atoms with Crippen molar-refractivity contribution in [3.63, 3.8) is 0 Å². The quantitative estimate of drug-likeness (QED) is 0.748. The van der Waals surface area contributed by atoms with Crippen LogP contribution in [0.4, 0.5) is 5.69 Å². The first kappa shape index (κ1) is 20.5. The van der Waals surface area contributed by atoms with Crippen LogP contribution in [0, 0.1) is 0 Å². The Morgan fingerprint density at radius 2 is 1.78 bits per heavy atom. The van der Waals surface area contributed by atoms with E-state index in [1.807, 2.05) is 24.3 Å². The van der Waals surface area contributed by atoms with Gasteiger partial charge in [0.05, 0.1) is 18.8 Å². The number of nitrogens with zero attached hydrogens (tertiary/aromatic N) is 3. The molecule has 1 aromatic heterocycles. The molecule has 0 saturated carbocycles. The Bertz CT molecular complexity index is 761. The second kappa shape index (κ2) is 8.82. The maximum atomic E-state index is 12.2. The largest absolute Gasteiger partial charge is 0.325 e. The molecular weight excluding hydrogens is 424 g/mol. The summed E-state index contributed by atoms with van der Waals surface area (Å²) in [5.74, 6) is 0.0421. The van der Waals surface area contributed by atoms with E-state index in [1.54, 1.807) is 11.3 Å². The first-order valence-corrected chi connectivity index (χ1v) is 10.9. The van der Waals surface area contributed by atoms with Crippen molar-refractivity contribution in [3.8, 4) is 0 Å². The number of halogens is 1. The molecular formula is C20H27BrN4OS. The van der Waals surface area contributed by atoms with Crippen LogP contribution in [0.25, 0.3) is 0 Å². The Labute approximate surface area is 173 Å². The monoisotopic (exact) mass is 450 g/mol. The molecule has 0 unspecified atom stereocenters. The minimum atomic E-state index is 0.0421. The molecule has 0 aliphatic carbocycles. The van der Waals surface area contributed by atoms with Gasteiger partial charge in [-0.05, 0) is 24.3 Å². The van der Waals surface area contributed by atoms with Crippen LogP contribution < -0.4 is 5.32 Å². The third-order valence-corrected chi connectivity index (χ3v) is 6.00. The van der Waals surface area contributed by atoms with E-state index in [4.69, 9.17) is 4.98 Å². The summed E-state index contributed by atoms with van der Waals surface area (Å²) in [7, 11) is 0. The number of rotatable bonds is 5. The molecule has 7 heteroatoms. The lowest BCUT2D eigenvalue weighted by Crippen LogP contribution is -2.48. The lowest BCUT2D eigenvalue weighted by molar-refractivity contribution is -0.117. The molecule has 0 spiro atoms. The molecule has 1 fully saturated rings. The Morgan fingerprint density at radius 1 is 1.15 bits per heavy atom. The van der Waals surface area contributed by atoms with Gasteiger partial charge in [0.1, 0.15) is 5.01 Å². The Hall–Kier alpha value is -1.28. The molecule has 0 bridgehead atoms. The van der Waals surface area contributed by atoms with Crippen LogP contribution in [0.2, 0.25) is 0 Å². The summed E-state index contributed by atoms with van der Waals surface area (Å²) < 4.78 is 1.01. The zero-order valence-corrected chi connectivity index (χ0v) is 18.6. The van der Waals surface area contributed by atoms with Crippen LogP contribution >= 0.6 is 27.3 Å². The molecule has 2 heterocycles. The van der Waals surface area contributed by atoms with Gasteiger partial charge in [-0.2, -0.15) is 0 Å². The molecule has 1 aliphatic heterocycles. The van der Waals surface area contributed by atoms with Gasteiger partial charge in [0.15, 0.2) is 0 Å². The highest BCUT2D eigenvalue weighted by molar-refractivity contribution is 9.10. The topological polar surface area (TPSA) is 48.5 Å². The molecule has 0 radical (unpaired) electrons. The molecule has 1 amide bonds. The standard InChI is InChI=1S/C20H27BrN4OS/c1-20(2,3)17-14-27-19(23-17)13-25-10-8-24(9-11-25)12-18(26)22-16-6-4-15(21)5-7-16/h4-7,14H,8-13H2,1-3H3,(H,22,26). The Morgan fingerprint density at radius 3 is 2.37 bits per heavy atom. The molecule has 2 aromatic rings. The number of amides is 1. The fraction of sp³-hybridized carbons (Fsp3) is 0.500. The van der Waals surface area contributed by atoms with Crippen molar-refractivity contribution < 1.29 is 4.79 Å². The minimum Gasteiger partial charge on any atom is -0.325 e. The number of anilines is 1. The smallest absolute Gasteiger partial charge is 0.238 e. The van der Waals surface area contributed by atoms with Crippen LogP contribution in [0.15, 0.2) is 34.1 Å². The molecule has 27 heavy (non-hydrogen) atoms. The number of piperazine rings is 1. The fourth-order valence-corrected chi connectivity index (χ4v) is 4.29. The number of benzene rings is 1. The summed E-state index contributed by atoms with van der Waals surface area (Å²) in [6.45, 7) is 11.7. The molecule has 5 nitrogen and oxygen atoms in total. The van der Waals surface area contributed by atoms with E-state index in [-0.39, 0.29) is 11.3 Å². The van der Waals surface area contributed by atoms with Gasteiger partial charge in [0, 0.05) is 47.1 Å². The normalized spacial score (nSPS) is 16.4. The first-order valence-electron chi connectivity index (χ1n) is 9.24. The fourth-order valence-electron chi connectivity index (χ4n) is 2.96. The highest BCUT2D eigenvalue weighted by atomic mass is 79.9. The third kappa shape index (κ3) is 6.10. The van der Waals surface area contributed by atoms with Gasteiger partial charge in [-0.15, -0.1) is 11.3 Å². The number of carbonyl (C=O) groups excluding carboxylic acids is 1. The van der Waals surface area contributed by atoms with Crippen LogP contribution in [-0.2, 0) is 16.8 Å². The first-order chi connectivity index (χ1) is 12.8. The van der Waals surface area contributed by atoms with E-state index >= 15 is 0 Å². The average Bonchev–Trinajstić information content (AvgIpc) is 3.08. The van der Waals surface area contributed by atoms with E-state index in [1.165, 1.54) is 10.7 Å². The third-order valence-electron chi connectivity index (χ3n) is 4.64. The predicted octanol–water partition coefficient (Wildman–Crippen LogP) is 3.96. The second-order valence-corrected chi connectivity index (χ2v) is 9.84. The molecule has 1 saturated heterocycles. The van der Waals surface area contributed by atoms with E-state index in [2.05, 4.69) is 57.2 Å². The molecule has 1 N–H and O–H groups in total. The van der Waals surface area contributed by atoms with Crippen molar-refractivity contribution in [2.75, 3.05) is 38.0 Å². The maximum Gasteiger partial charge on any atom is 0.238 e. The molecule has 146 valence electrons. The highest BCUT2D eigenvalue weighted by Crippen LogP contribution is 2.24. The molecule has 0 atom stereocenters. The van der Waals surface area contributed by atoms with Crippen molar-refractivity contribution in [2.45, 2.75) is 32.7 Å². The van der Waals surface area contributed by atoms with E-state index in [9.17, 15) is 4.79 Å². The number of thiazole rings is 1. The zero-order valence-electron chi connectivity index (χ0n) is 16.2. The van der Waals surface area contributed by atoms with Crippen molar-refractivity contribution in [2.24, 2.45) is 0 Å². The Kier molecular flexibility index (Phi) is 6.68. The van der Waals surface area contributed by atoms with Gasteiger partial charge in [-0.25, -0.2) is 4.98 Å². The second-order valence-electron chi connectivity index (χ2n) is 7.98. The van der Waals surface area contributed by atoms with Crippen molar-refractivity contribution in [3.05, 3.63) is 44.8 Å². The number of nitrogens with one attached hydrogen (secondary N) is 1. The highest BCUT2D eigenvalue weighted by Gasteiger charge is 2.22. The summed E-state index contributed by atoms with van der Waals surface area (Å²) in [6, 6.07) is 7.66. The van der Waals surface area contributed by atoms with Crippen LogP contribution in [0.3, 0.4) is 0 Å². The van der Waals surface area contributed by atoms with Gasteiger partial charge < -0.3 is 5.32 Å². The van der Waals surface area contributed by atoms with Gasteiger partial charge in [-0.1, -0.05) is 36.7 Å². The SMILES string of the molecule is CC(C)(C)c1csc(CN2CCN(CC(=O)Nc3ccc(Br)cc3)CC2)n1. The lowest BCUT2D eigenvalue weighted by atomic mass is 9.93. The van der Waals surface area contributed by atoms with Gasteiger partial charge in [-0.3, -0.25) is 14.6 Å². The molecule has 1 aliphatic rings. The van der Waals surface area contributed by atoms with E-state index in [0.717, 1.165) is 42.9 Å². The number of hydrogen-bond donors (Lipinski definition) is 1. The van der Waals surface area contributed by atoms with Gasteiger partial charge in [0.2, 0.25) is 5.91 Å². The maximum absolute atomic E-state index is 12.2. The van der Waals surface area contributed by atoms with Crippen LogP contribution in [-0.4, -0.2) is 53.4 Å². The summed E-state index contributed by atoms with van der Waals surface area (Å²) in [4.78, 5) is 21.7. The summed E-state index contributed by atoms with van der Waals surface area (Å²) in [5, 5.41) is 6.32. The lowest BCUT2D eigenvalue weighted by Gasteiger charge is -2.33. The predicted molar refractivity (Wildman–Crippen MR) is 115 cm³/mol. The molecule has 1 aromatic carbocycles. The van der Waals surface area contributed by atoms with Crippen LogP contribution in [0.5, 0.6) is 0 Å². The number of hydrogen-bond acceptors (Lipinski definition) is 5. The number of aromatic nitrogens is 1. The summed E-state index contributed by atoms with van der Waals surface area (Å²) in [6.07, 6.45) is 0. The number of carbonyl (C=O) groups is 1. The van der Waals surface area contributed by atoms with E-state index in [0.29, 0.717) is 6.54 Å². The summed E-state index contributed by atoms with van der Waals surface area (Å²) in [5.41, 5.74) is 2.11. The van der Waals surface area contributed by atoms with Gasteiger partial charge in [0.25, 0.3) is 0 Å².